The van der Waals surface area contributed by atoms with E-state index < -0.39 is 0 Å². The van der Waals surface area contributed by atoms with Crippen LogP contribution in [0, 0.1) is 12.7 Å². The molecule has 3 aromatic rings. The maximum absolute atomic E-state index is 13.4. The van der Waals surface area contributed by atoms with Gasteiger partial charge >= 0.3 is 0 Å². The Balaban J connectivity index is 0.00000231. The summed E-state index contributed by atoms with van der Waals surface area (Å²) < 4.78 is 19.0. The van der Waals surface area contributed by atoms with Crippen LogP contribution in [-0.2, 0) is 6.42 Å². The van der Waals surface area contributed by atoms with Gasteiger partial charge < -0.3 is 4.90 Å². The minimum absolute atomic E-state index is 0. The molecule has 0 aliphatic carbocycles. The predicted octanol–water partition coefficient (Wildman–Crippen LogP) is 4.47. The number of rotatable bonds is 4. The summed E-state index contributed by atoms with van der Waals surface area (Å²) in [6.07, 6.45) is 2.78. The number of imide groups is 1. The van der Waals surface area contributed by atoms with Crippen LogP contribution in [0.2, 0.25) is 0 Å². The molecule has 0 radical (unpaired) electrons. The molecule has 2 aliphatic rings. The summed E-state index contributed by atoms with van der Waals surface area (Å²) in [4.78, 5) is 26.6. The fraction of sp³-hybridized carbons (Fsp3) is 0.348. The van der Waals surface area contributed by atoms with Crippen molar-refractivity contribution in [1.29, 1.82) is 0 Å². The number of nitrogens with one attached hydrogen (secondary N) is 1. The number of nitrogens with zero attached hydrogens (tertiary/aromatic N) is 2. The minimum Gasteiger partial charge on any atom is -0.303 e. The number of amides is 2. The normalized spacial score (nSPS) is 17.0. The smallest absolute Gasteiger partial charge is 0.259 e. The summed E-state index contributed by atoms with van der Waals surface area (Å²) >= 11 is 1.37. The lowest BCUT2D eigenvalue weighted by Crippen LogP contribution is -2.34. The highest BCUT2D eigenvalue weighted by molar-refractivity contribution is 7.13. The minimum atomic E-state index is -0.299. The quantitative estimate of drug-likeness (QED) is 0.585. The largest absolute Gasteiger partial charge is 0.303 e. The molecule has 2 aromatic carbocycles. The van der Waals surface area contributed by atoms with Crippen molar-refractivity contribution in [2.75, 3.05) is 19.6 Å². The van der Waals surface area contributed by atoms with Gasteiger partial charge in [-0.1, -0.05) is 6.07 Å². The molecular weight excluding hydrogens is 437 g/mol. The van der Waals surface area contributed by atoms with E-state index in [4.69, 9.17) is 0 Å². The molecule has 1 fully saturated rings. The number of aromatic nitrogens is 1. The van der Waals surface area contributed by atoms with Gasteiger partial charge in [-0.3, -0.25) is 14.9 Å². The van der Waals surface area contributed by atoms with Crippen molar-refractivity contribution in [2.45, 2.75) is 32.1 Å². The topological polar surface area (TPSA) is 62.3 Å². The highest BCUT2D eigenvalue weighted by Crippen LogP contribution is 2.35. The van der Waals surface area contributed by atoms with E-state index in [1.165, 1.54) is 17.6 Å². The second kappa shape index (κ2) is 8.65. The third kappa shape index (κ3) is 3.97. The van der Waals surface area contributed by atoms with Crippen molar-refractivity contribution in [1.82, 2.24) is 14.6 Å². The molecule has 3 heterocycles. The van der Waals surface area contributed by atoms with Gasteiger partial charge in [0.1, 0.15) is 5.82 Å². The van der Waals surface area contributed by atoms with Gasteiger partial charge in [-0.25, -0.2) is 4.39 Å². The van der Waals surface area contributed by atoms with Gasteiger partial charge in [0, 0.05) is 17.8 Å². The van der Waals surface area contributed by atoms with Crippen LogP contribution in [0.3, 0.4) is 0 Å². The van der Waals surface area contributed by atoms with Crippen molar-refractivity contribution >= 4 is 45.8 Å². The van der Waals surface area contributed by atoms with E-state index in [0.29, 0.717) is 17.0 Å². The molecule has 1 aromatic heterocycles. The number of halogens is 2. The molecule has 162 valence electrons. The van der Waals surface area contributed by atoms with E-state index >= 15 is 0 Å². The molecule has 5 rings (SSSR count). The monoisotopic (exact) mass is 459 g/mol. The third-order valence-electron chi connectivity index (χ3n) is 6.36. The fourth-order valence-corrected chi connectivity index (χ4v) is 5.56. The molecule has 2 aliphatic heterocycles. The van der Waals surface area contributed by atoms with Crippen LogP contribution in [-0.4, -0.2) is 40.7 Å². The lowest BCUT2D eigenvalue weighted by Gasteiger charge is -2.31. The van der Waals surface area contributed by atoms with Gasteiger partial charge in [0.2, 0.25) is 0 Å². The maximum Gasteiger partial charge on any atom is 0.259 e. The van der Waals surface area contributed by atoms with Crippen molar-refractivity contribution in [3.05, 3.63) is 64.1 Å². The Kier molecular flexibility index (Phi) is 6.10. The van der Waals surface area contributed by atoms with Crippen LogP contribution in [0.25, 0.3) is 10.1 Å². The predicted molar refractivity (Wildman–Crippen MR) is 122 cm³/mol. The molecule has 0 saturated carbocycles. The number of likely N-dealkylation sites (tertiary alicyclic amines) is 1. The van der Waals surface area contributed by atoms with Gasteiger partial charge in [-0.2, -0.15) is 4.37 Å². The number of hydrogen-bond acceptors (Lipinski definition) is 5. The summed E-state index contributed by atoms with van der Waals surface area (Å²) in [5.41, 5.74) is 4.17. The van der Waals surface area contributed by atoms with Gasteiger partial charge in [0.25, 0.3) is 11.8 Å². The first-order valence-electron chi connectivity index (χ1n) is 10.3. The molecule has 0 bridgehead atoms. The highest BCUT2D eigenvalue weighted by atomic mass is 35.5. The Morgan fingerprint density at radius 3 is 2.71 bits per heavy atom. The summed E-state index contributed by atoms with van der Waals surface area (Å²) in [7, 11) is 0. The first kappa shape index (κ1) is 21.9. The molecule has 0 spiro atoms. The Labute approximate surface area is 190 Å². The lowest BCUT2D eigenvalue weighted by molar-refractivity contribution is 0.0879. The zero-order valence-electron chi connectivity index (χ0n) is 17.1. The van der Waals surface area contributed by atoms with Crippen LogP contribution in [0.1, 0.15) is 56.3 Å². The van der Waals surface area contributed by atoms with E-state index in [-0.39, 0.29) is 30.0 Å². The van der Waals surface area contributed by atoms with Gasteiger partial charge in [0.15, 0.2) is 0 Å². The number of carbonyl (C=O) groups excluding carboxylic acids is 2. The number of piperidine rings is 1. The first-order valence-corrected chi connectivity index (χ1v) is 11.0. The van der Waals surface area contributed by atoms with Crippen LogP contribution in [0.15, 0.2) is 30.3 Å². The number of benzene rings is 2. The number of hydrogen-bond donors (Lipinski definition) is 1. The third-order valence-corrected chi connectivity index (χ3v) is 7.18. The van der Waals surface area contributed by atoms with Gasteiger partial charge in [0.05, 0.1) is 21.5 Å². The Morgan fingerprint density at radius 1 is 1.16 bits per heavy atom. The summed E-state index contributed by atoms with van der Waals surface area (Å²) in [6.45, 7) is 4.77. The molecule has 1 N–H and O–H groups in total. The zero-order chi connectivity index (χ0) is 20.8. The van der Waals surface area contributed by atoms with E-state index in [2.05, 4.69) is 14.6 Å². The standard InChI is InChI=1S/C23H22FN3O2S.ClH/c1-13-2-4-18-20(23(29)25-22(18)28)16(13)8-11-27-9-6-14(7-10-27)21-17-5-3-15(24)12-19(17)30-26-21;/h2-5,12,14H,6-11H2,1H3,(H,25,28,29);1H. The van der Waals surface area contributed by atoms with E-state index in [0.717, 1.165) is 65.8 Å². The number of fused-ring (bicyclic) bond motifs is 2. The van der Waals surface area contributed by atoms with Gasteiger partial charge in [-0.15, -0.1) is 12.4 Å². The summed E-state index contributed by atoms with van der Waals surface area (Å²) in [5.74, 6) is -0.399. The molecule has 2 amide bonds. The summed E-state index contributed by atoms with van der Waals surface area (Å²) in [6, 6.07) is 8.59. The van der Waals surface area contributed by atoms with E-state index in [9.17, 15) is 14.0 Å². The number of aryl methyl sites for hydroxylation is 1. The second-order valence-corrected chi connectivity index (χ2v) is 8.95. The van der Waals surface area contributed by atoms with Crippen molar-refractivity contribution in [3.8, 4) is 0 Å². The highest BCUT2D eigenvalue weighted by Gasteiger charge is 2.30. The summed E-state index contributed by atoms with van der Waals surface area (Å²) in [5, 5.41) is 3.48. The Bertz CT molecular complexity index is 1170. The Morgan fingerprint density at radius 2 is 1.94 bits per heavy atom. The molecule has 5 nitrogen and oxygen atoms in total. The molecule has 8 heteroatoms. The van der Waals surface area contributed by atoms with Crippen LogP contribution < -0.4 is 5.32 Å². The molecular formula is C23H23ClFN3O2S. The van der Waals surface area contributed by atoms with Crippen LogP contribution in [0.5, 0.6) is 0 Å². The molecule has 31 heavy (non-hydrogen) atoms. The van der Waals surface area contributed by atoms with Gasteiger partial charge in [-0.05, 0) is 86.2 Å². The van der Waals surface area contributed by atoms with Crippen LogP contribution in [0.4, 0.5) is 4.39 Å². The average Bonchev–Trinajstić information content (AvgIpc) is 3.28. The Hall–Kier alpha value is -2.35. The second-order valence-electron chi connectivity index (χ2n) is 8.14. The van der Waals surface area contributed by atoms with Crippen molar-refractivity contribution in [2.24, 2.45) is 0 Å². The lowest BCUT2D eigenvalue weighted by atomic mass is 9.91. The van der Waals surface area contributed by atoms with E-state index in [1.54, 1.807) is 12.1 Å². The van der Waals surface area contributed by atoms with Crippen molar-refractivity contribution < 1.29 is 14.0 Å². The molecule has 0 unspecified atom stereocenters. The van der Waals surface area contributed by atoms with Crippen molar-refractivity contribution in [3.63, 3.8) is 0 Å². The zero-order valence-corrected chi connectivity index (χ0v) is 18.7. The number of carbonyl (C=O) groups is 2. The molecule has 1 saturated heterocycles. The first-order chi connectivity index (χ1) is 14.5. The molecule has 0 atom stereocenters. The SMILES string of the molecule is Cc1ccc2c(c1CCN1CCC(c3nsc4cc(F)ccc34)CC1)C(=O)NC2=O.Cl. The van der Waals surface area contributed by atoms with E-state index in [1.807, 2.05) is 19.1 Å². The maximum atomic E-state index is 13.4. The van der Waals surface area contributed by atoms with Crippen LogP contribution >= 0.6 is 23.9 Å². The average molecular weight is 460 g/mol. The fourth-order valence-electron chi connectivity index (χ4n) is 4.68.